The van der Waals surface area contributed by atoms with Crippen molar-refractivity contribution < 1.29 is 14.3 Å². The Balaban J connectivity index is 1.29. The minimum atomic E-state index is -0.0766. The van der Waals surface area contributed by atoms with Gasteiger partial charge in [0.2, 0.25) is 5.91 Å². The lowest BCUT2D eigenvalue weighted by Crippen LogP contribution is -2.66. The van der Waals surface area contributed by atoms with E-state index in [9.17, 15) is 4.79 Å². The summed E-state index contributed by atoms with van der Waals surface area (Å²) in [6.07, 6.45) is 4.91. The zero-order valence-corrected chi connectivity index (χ0v) is 14.5. The lowest BCUT2D eigenvalue weighted by molar-refractivity contribution is -0.166. The molecule has 1 aromatic carbocycles. The monoisotopic (exact) mass is 329 g/mol. The predicted octanol–water partition coefficient (Wildman–Crippen LogP) is 2.45. The molecule has 1 aromatic rings. The molecule has 1 aliphatic carbocycles. The van der Waals surface area contributed by atoms with Gasteiger partial charge in [-0.15, -0.1) is 0 Å². The molecule has 1 atom stereocenters. The summed E-state index contributed by atoms with van der Waals surface area (Å²) in [4.78, 5) is 14.6. The molecule has 1 amide bonds. The average molecular weight is 329 g/mol. The minimum Gasteiger partial charge on any atom is -0.385 e. The maximum Gasteiger partial charge on any atom is 0.223 e. The molecule has 4 rings (SSSR count). The van der Waals surface area contributed by atoms with E-state index in [1.165, 1.54) is 11.1 Å². The number of methoxy groups -OCH3 is 1. The number of likely N-dealkylation sites (tertiary alicyclic amines) is 1. The van der Waals surface area contributed by atoms with Crippen molar-refractivity contribution in [1.29, 1.82) is 0 Å². The first-order chi connectivity index (χ1) is 11.7. The van der Waals surface area contributed by atoms with Crippen LogP contribution < -0.4 is 0 Å². The van der Waals surface area contributed by atoms with Crippen LogP contribution in [0.4, 0.5) is 0 Å². The third kappa shape index (κ3) is 2.86. The highest BCUT2D eigenvalue weighted by Crippen LogP contribution is 2.42. The second kappa shape index (κ2) is 6.49. The molecule has 0 radical (unpaired) electrons. The van der Waals surface area contributed by atoms with Gasteiger partial charge in [-0.3, -0.25) is 4.79 Å². The summed E-state index contributed by atoms with van der Waals surface area (Å²) in [6.45, 7) is 3.16. The van der Waals surface area contributed by atoms with Crippen molar-refractivity contribution in [3.8, 4) is 0 Å². The third-order valence-electron chi connectivity index (χ3n) is 6.14. The van der Waals surface area contributed by atoms with Crippen LogP contribution in [0.25, 0.3) is 0 Å². The molecule has 2 heterocycles. The van der Waals surface area contributed by atoms with Crippen LogP contribution in [-0.4, -0.2) is 49.8 Å². The second-order valence-corrected chi connectivity index (χ2v) is 7.68. The molecule has 0 N–H and O–H groups in total. The summed E-state index contributed by atoms with van der Waals surface area (Å²) < 4.78 is 11.3. The fourth-order valence-electron chi connectivity index (χ4n) is 4.75. The first-order valence-electron chi connectivity index (χ1n) is 9.17. The fraction of sp³-hybridized carbons (Fsp3) is 0.650. The summed E-state index contributed by atoms with van der Waals surface area (Å²) in [5.74, 6) is 1.32. The van der Waals surface area contributed by atoms with Crippen LogP contribution in [0.3, 0.4) is 0 Å². The maximum absolute atomic E-state index is 12.6. The molecule has 1 spiro atoms. The van der Waals surface area contributed by atoms with E-state index in [1.54, 1.807) is 7.11 Å². The van der Waals surface area contributed by atoms with Gasteiger partial charge in [-0.1, -0.05) is 24.3 Å². The Morgan fingerprint density at radius 1 is 1.29 bits per heavy atom. The Morgan fingerprint density at radius 2 is 2.00 bits per heavy atom. The maximum atomic E-state index is 12.6. The fourth-order valence-corrected chi connectivity index (χ4v) is 4.75. The Kier molecular flexibility index (Phi) is 4.35. The Morgan fingerprint density at radius 3 is 2.67 bits per heavy atom. The van der Waals surface area contributed by atoms with E-state index in [0.29, 0.717) is 24.2 Å². The molecule has 2 fully saturated rings. The number of carbonyl (C=O) groups excluding carboxylic acids is 1. The van der Waals surface area contributed by atoms with Gasteiger partial charge in [-0.05, 0) is 48.6 Å². The number of rotatable bonds is 5. The molecule has 4 nitrogen and oxygen atoms in total. The molecular weight excluding hydrogens is 302 g/mol. The minimum absolute atomic E-state index is 0.0766. The van der Waals surface area contributed by atoms with E-state index in [-0.39, 0.29) is 5.60 Å². The number of amides is 1. The smallest absolute Gasteiger partial charge is 0.223 e. The topological polar surface area (TPSA) is 38.8 Å². The van der Waals surface area contributed by atoms with E-state index in [2.05, 4.69) is 24.3 Å². The Bertz CT molecular complexity index is 584. The lowest BCUT2D eigenvalue weighted by atomic mass is 9.78. The lowest BCUT2D eigenvalue weighted by Gasteiger charge is -2.50. The van der Waals surface area contributed by atoms with Gasteiger partial charge in [0.15, 0.2) is 0 Å². The molecule has 24 heavy (non-hydrogen) atoms. The van der Waals surface area contributed by atoms with Crippen LogP contribution in [0.1, 0.15) is 30.4 Å². The number of hydrogen-bond acceptors (Lipinski definition) is 3. The van der Waals surface area contributed by atoms with Crippen LogP contribution in [0.2, 0.25) is 0 Å². The summed E-state index contributed by atoms with van der Waals surface area (Å²) in [5.41, 5.74) is 2.77. The van der Waals surface area contributed by atoms with Gasteiger partial charge in [0.1, 0.15) is 5.60 Å². The van der Waals surface area contributed by atoms with Crippen LogP contribution in [-0.2, 0) is 27.1 Å². The molecule has 2 saturated heterocycles. The highest BCUT2D eigenvalue weighted by molar-refractivity contribution is 5.78. The quantitative estimate of drug-likeness (QED) is 0.833. The van der Waals surface area contributed by atoms with Gasteiger partial charge >= 0.3 is 0 Å². The highest BCUT2D eigenvalue weighted by Gasteiger charge is 2.54. The molecule has 0 saturated carbocycles. The van der Waals surface area contributed by atoms with Crippen LogP contribution in [0, 0.1) is 11.8 Å². The predicted molar refractivity (Wildman–Crippen MR) is 91.8 cm³/mol. The summed E-state index contributed by atoms with van der Waals surface area (Å²) >= 11 is 0. The molecule has 3 aliphatic rings. The van der Waals surface area contributed by atoms with Crippen molar-refractivity contribution in [2.75, 3.05) is 33.4 Å². The van der Waals surface area contributed by atoms with Crippen LogP contribution >= 0.6 is 0 Å². The van der Waals surface area contributed by atoms with Crippen molar-refractivity contribution in [2.45, 2.75) is 37.7 Å². The van der Waals surface area contributed by atoms with Crippen molar-refractivity contribution in [3.63, 3.8) is 0 Å². The molecule has 2 aliphatic heterocycles. The van der Waals surface area contributed by atoms with E-state index >= 15 is 0 Å². The zero-order chi connectivity index (χ0) is 16.6. The molecule has 0 unspecified atom stereocenters. The van der Waals surface area contributed by atoms with Gasteiger partial charge in [0, 0.05) is 26.7 Å². The van der Waals surface area contributed by atoms with Gasteiger partial charge in [-0.2, -0.15) is 0 Å². The molecule has 0 bridgehead atoms. The van der Waals surface area contributed by atoms with Gasteiger partial charge < -0.3 is 14.4 Å². The Labute approximate surface area is 144 Å². The van der Waals surface area contributed by atoms with Crippen molar-refractivity contribution in [1.82, 2.24) is 4.90 Å². The zero-order valence-electron chi connectivity index (χ0n) is 14.5. The molecular formula is C20H27NO3. The van der Waals surface area contributed by atoms with E-state index in [1.807, 2.05) is 4.90 Å². The Hall–Kier alpha value is -1.39. The third-order valence-corrected chi connectivity index (χ3v) is 6.14. The standard InChI is InChI=1S/C20H27NO3/c1-23-8-6-18-7-9-24-20(18)13-21(14-20)19(22)12-15-10-16-4-2-3-5-17(16)11-15/h2-5,15,18H,6-14H2,1H3/t18-/m1/s1. The summed E-state index contributed by atoms with van der Waals surface area (Å²) in [7, 11) is 1.75. The normalized spacial score (nSPS) is 25.0. The van der Waals surface area contributed by atoms with Crippen LogP contribution in [0.5, 0.6) is 0 Å². The summed E-state index contributed by atoms with van der Waals surface area (Å²) in [6, 6.07) is 8.59. The number of benzene rings is 1. The average Bonchev–Trinajstić information content (AvgIpc) is 3.14. The number of ether oxygens (including phenoxy) is 2. The molecule has 0 aromatic heterocycles. The van der Waals surface area contributed by atoms with Crippen molar-refractivity contribution >= 4 is 5.91 Å². The number of hydrogen-bond donors (Lipinski definition) is 0. The van der Waals surface area contributed by atoms with Gasteiger partial charge in [0.25, 0.3) is 0 Å². The van der Waals surface area contributed by atoms with Crippen molar-refractivity contribution in [2.24, 2.45) is 11.8 Å². The van der Waals surface area contributed by atoms with Crippen molar-refractivity contribution in [3.05, 3.63) is 35.4 Å². The number of nitrogens with zero attached hydrogens (tertiary/aromatic N) is 1. The first kappa shape index (κ1) is 16.1. The largest absolute Gasteiger partial charge is 0.385 e. The van der Waals surface area contributed by atoms with E-state index < -0.39 is 0 Å². The SMILES string of the molecule is COCC[C@@H]1CCOC12CN(C(=O)CC1Cc3ccccc3C1)C2. The van der Waals surface area contributed by atoms with Crippen LogP contribution in [0.15, 0.2) is 24.3 Å². The summed E-state index contributed by atoms with van der Waals surface area (Å²) in [5, 5.41) is 0. The number of carbonyl (C=O) groups is 1. The number of fused-ring (bicyclic) bond motifs is 1. The molecule has 4 heteroatoms. The van der Waals surface area contributed by atoms with Gasteiger partial charge in [0.05, 0.1) is 13.1 Å². The highest BCUT2D eigenvalue weighted by atomic mass is 16.5. The second-order valence-electron chi connectivity index (χ2n) is 7.68. The first-order valence-corrected chi connectivity index (χ1v) is 9.17. The van der Waals surface area contributed by atoms with E-state index in [4.69, 9.17) is 9.47 Å². The molecule has 130 valence electrons. The van der Waals surface area contributed by atoms with Gasteiger partial charge in [-0.25, -0.2) is 0 Å². The van der Waals surface area contributed by atoms with E-state index in [0.717, 1.165) is 52.0 Å².